The minimum absolute atomic E-state index is 0.145. The number of hydrogen-bond acceptors (Lipinski definition) is 5. The number of likely N-dealkylation sites (tertiary alicyclic amines) is 1. The zero-order chi connectivity index (χ0) is 22.3. The van der Waals surface area contributed by atoms with Crippen molar-refractivity contribution in [2.24, 2.45) is 5.41 Å². The van der Waals surface area contributed by atoms with Crippen molar-refractivity contribution >= 4 is 11.8 Å². The van der Waals surface area contributed by atoms with Crippen molar-refractivity contribution in [3.63, 3.8) is 0 Å². The second-order valence-electron chi connectivity index (χ2n) is 8.68. The molecule has 0 unspecified atom stereocenters. The Morgan fingerprint density at radius 3 is 2.78 bits per heavy atom. The molecule has 2 amide bonds. The van der Waals surface area contributed by atoms with E-state index in [1.165, 1.54) is 12.1 Å². The summed E-state index contributed by atoms with van der Waals surface area (Å²) in [5.74, 6) is 0.372. The molecule has 0 bridgehead atoms. The Hall–Kier alpha value is -3.49. The molecular weight excluding hydrogens is 413 g/mol. The summed E-state index contributed by atoms with van der Waals surface area (Å²) in [6, 6.07) is 9.56. The third-order valence-electron chi connectivity index (χ3n) is 6.40. The predicted molar refractivity (Wildman–Crippen MR) is 113 cm³/mol. The lowest BCUT2D eigenvalue weighted by molar-refractivity contribution is -0.130. The molecule has 1 aliphatic carbocycles. The first-order valence-corrected chi connectivity index (χ1v) is 10.8. The van der Waals surface area contributed by atoms with Gasteiger partial charge in [0.1, 0.15) is 23.0 Å². The van der Waals surface area contributed by atoms with Gasteiger partial charge in [-0.2, -0.15) is 5.10 Å². The molecule has 2 fully saturated rings. The fourth-order valence-corrected chi connectivity index (χ4v) is 4.42. The number of aromatic nitrogens is 3. The number of aromatic amines is 1. The molecule has 1 saturated heterocycles. The average Bonchev–Trinajstić information content (AvgIpc) is 3.19. The van der Waals surface area contributed by atoms with Gasteiger partial charge in [-0.15, -0.1) is 0 Å². The summed E-state index contributed by atoms with van der Waals surface area (Å²) < 4.78 is 18.7. The lowest BCUT2D eigenvalue weighted by Crippen LogP contribution is -2.44. The molecule has 1 atom stereocenters. The van der Waals surface area contributed by atoms with Crippen LogP contribution in [0.2, 0.25) is 0 Å². The van der Waals surface area contributed by atoms with Crippen molar-refractivity contribution in [1.29, 1.82) is 0 Å². The summed E-state index contributed by atoms with van der Waals surface area (Å²) in [4.78, 5) is 27.6. The Morgan fingerprint density at radius 2 is 2.06 bits per heavy atom. The summed E-state index contributed by atoms with van der Waals surface area (Å²) in [7, 11) is 1.59. The second kappa shape index (κ2) is 7.89. The van der Waals surface area contributed by atoms with Crippen LogP contribution in [0.4, 0.5) is 4.39 Å². The molecule has 3 heterocycles. The first-order valence-electron chi connectivity index (χ1n) is 10.8. The molecule has 3 aromatic rings. The van der Waals surface area contributed by atoms with Crippen molar-refractivity contribution in [1.82, 2.24) is 25.6 Å². The van der Waals surface area contributed by atoms with Crippen molar-refractivity contribution in [2.45, 2.75) is 31.6 Å². The Labute approximate surface area is 184 Å². The minimum atomic E-state index is -0.820. The molecule has 1 saturated carbocycles. The van der Waals surface area contributed by atoms with E-state index in [9.17, 15) is 14.0 Å². The predicted octanol–water partition coefficient (Wildman–Crippen LogP) is 2.90. The van der Waals surface area contributed by atoms with Crippen molar-refractivity contribution in [2.75, 3.05) is 20.1 Å². The standard InChI is InChI=1S/C23H24FN5O3/c1-25-22(31)23(12-17-10-19(28-32-17)15-4-6-16(24)7-5-15)8-9-29(13-23)21(30)20-11-18(26-27-20)14-2-3-14/h4-7,10-11,14H,2-3,8-9,12-13H2,1H3,(H,25,31)(H,26,27)/t23-/m1/s1. The summed E-state index contributed by atoms with van der Waals surface area (Å²) in [5, 5.41) is 14.0. The summed E-state index contributed by atoms with van der Waals surface area (Å²) in [6.45, 7) is 0.723. The summed E-state index contributed by atoms with van der Waals surface area (Å²) in [5.41, 5.74) is 1.86. The van der Waals surface area contributed by atoms with E-state index in [2.05, 4.69) is 20.7 Å². The number of carbonyl (C=O) groups is 2. The Balaban J connectivity index is 1.33. The van der Waals surface area contributed by atoms with Crippen LogP contribution in [0.1, 0.15) is 47.1 Å². The van der Waals surface area contributed by atoms with Crippen molar-refractivity contribution in [3.05, 3.63) is 59.4 Å². The molecule has 9 heteroatoms. The molecule has 1 aliphatic heterocycles. The van der Waals surface area contributed by atoms with E-state index in [-0.39, 0.29) is 24.2 Å². The van der Waals surface area contributed by atoms with Crippen LogP contribution in [0.25, 0.3) is 11.3 Å². The van der Waals surface area contributed by atoms with Gasteiger partial charge in [0.05, 0.1) is 5.41 Å². The van der Waals surface area contributed by atoms with Crippen LogP contribution in [0.15, 0.2) is 40.9 Å². The molecule has 1 aromatic carbocycles. The molecule has 2 N–H and O–H groups in total. The lowest BCUT2D eigenvalue weighted by Gasteiger charge is -2.26. The minimum Gasteiger partial charge on any atom is -0.361 e. The van der Waals surface area contributed by atoms with Crippen LogP contribution >= 0.6 is 0 Å². The van der Waals surface area contributed by atoms with Gasteiger partial charge in [0.15, 0.2) is 0 Å². The number of hydrogen-bond donors (Lipinski definition) is 2. The molecule has 5 rings (SSSR count). The lowest BCUT2D eigenvalue weighted by atomic mass is 9.81. The first-order chi connectivity index (χ1) is 15.5. The van der Waals surface area contributed by atoms with Gasteiger partial charge in [-0.05, 0) is 49.6 Å². The van der Waals surface area contributed by atoms with Gasteiger partial charge in [-0.3, -0.25) is 14.7 Å². The SMILES string of the molecule is CNC(=O)[C@@]1(Cc2cc(-c3ccc(F)cc3)no2)CCN(C(=O)c2cc(C3CC3)[nH]n2)C1. The van der Waals surface area contributed by atoms with E-state index < -0.39 is 5.41 Å². The van der Waals surface area contributed by atoms with Crippen LogP contribution in [0.5, 0.6) is 0 Å². The number of amides is 2. The van der Waals surface area contributed by atoms with Crippen LogP contribution in [0, 0.1) is 11.2 Å². The highest BCUT2D eigenvalue weighted by molar-refractivity contribution is 5.94. The number of nitrogens with zero attached hydrogens (tertiary/aromatic N) is 3. The average molecular weight is 437 g/mol. The maximum absolute atomic E-state index is 13.2. The molecule has 0 radical (unpaired) electrons. The fraction of sp³-hybridized carbons (Fsp3) is 0.391. The maximum atomic E-state index is 13.2. The number of benzene rings is 1. The molecule has 0 spiro atoms. The Bertz CT molecular complexity index is 1150. The van der Waals surface area contributed by atoms with E-state index in [1.54, 1.807) is 30.1 Å². The third-order valence-corrected chi connectivity index (χ3v) is 6.40. The van der Waals surface area contributed by atoms with E-state index >= 15 is 0 Å². The van der Waals surface area contributed by atoms with Crippen molar-refractivity contribution in [3.8, 4) is 11.3 Å². The van der Waals surface area contributed by atoms with E-state index in [1.807, 2.05) is 6.07 Å². The number of halogens is 1. The summed E-state index contributed by atoms with van der Waals surface area (Å²) in [6.07, 6.45) is 3.05. The van der Waals surface area contributed by atoms with Gasteiger partial charge in [0, 0.05) is 49.8 Å². The molecule has 8 nitrogen and oxygen atoms in total. The smallest absolute Gasteiger partial charge is 0.274 e. The number of carbonyl (C=O) groups excluding carboxylic acids is 2. The molecule has 2 aliphatic rings. The van der Waals surface area contributed by atoms with Gasteiger partial charge < -0.3 is 14.7 Å². The molecule has 166 valence electrons. The van der Waals surface area contributed by atoms with Gasteiger partial charge in [-0.25, -0.2) is 4.39 Å². The Kier molecular flexibility index (Phi) is 5.03. The van der Waals surface area contributed by atoms with Gasteiger partial charge in [0.2, 0.25) is 5.91 Å². The number of nitrogens with one attached hydrogen (secondary N) is 2. The van der Waals surface area contributed by atoms with E-state index in [0.717, 1.165) is 24.1 Å². The second-order valence-corrected chi connectivity index (χ2v) is 8.68. The van der Waals surface area contributed by atoms with Gasteiger partial charge in [-0.1, -0.05) is 5.16 Å². The zero-order valence-corrected chi connectivity index (χ0v) is 17.7. The summed E-state index contributed by atoms with van der Waals surface area (Å²) >= 11 is 0. The number of H-pyrrole nitrogens is 1. The van der Waals surface area contributed by atoms with Gasteiger partial charge in [0.25, 0.3) is 5.91 Å². The highest BCUT2D eigenvalue weighted by Gasteiger charge is 2.47. The number of rotatable bonds is 6. The maximum Gasteiger partial charge on any atom is 0.274 e. The van der Waals surface area contributed by atoms with Crippen LogP contribution < -0.4 is 5.32 Å². The monoisotopic (exact) mass is 437 g/mol. The fourth-order valence-electron chi connectivity index (χ4n) is 4.42. The first kappa shape index (κ1) is 20.4. The molecule has 2 aromatic heterocycles. The molecular formula is C23H24FN5O3. The largest absolute Gasteiger partial charge is 0.361 e. The highest BCUT2D eigenvalue weighted by Crippen LogP contribution is 2.40. The van der Waals surface area contributed by atoms with Gasteiger partial charge >= 0.3 is 0 Å². The third kappa shape index (κ3) is 3.79. The van der Waals surface area contributed by atoms with Crippen LogP contribution in [-0.2, 0) is 11.2 Å². The van der Waals surface area contributed by atoms with Crippen LogP contribution in [0.3, 0.4) is 0 Å². The van der Waals surface area contributed by atoms with Crippen LogP contribution in [-0.4, -0.2) is 52.2 Å². The Morgan fingerprint density at radius 1 is 1.28 bits per heavy atom. The van der Waals surface area contributed by atoms with E-state index in [0.29, 0.717) is 42.5 Å². The zero-order valence-electron chi connectivity index (χ0n) is 17.7. The van der Waals surface area contributed by atoms with E-state index in [4.69, 9.17) is 4.52 Å². The highest BCUT2D eigenvalue weighted by atomic mass is 19.1. The van der Waals surface area contributed by atoms with Crippen molar-refractivity contribution < 1.29 is 18.5 Å². The quantitative estimate of drug-likeness (QED) is 0.617. The topological polar surface area (TPSA) is 104 Å². The normalized spacial score (nSPS) is 20.5. The molecule has 32 heavy (non-hydrogen) atoms.